The maximum Gasteiger partial charge on any atom is 0.251 e. The highest BCUT2D eigenvalue weighted by molar-refractivity contribution is 7.89. The van der Waals surface area contributed by atoms with Crippen molar-refractivity contribution in [2.75, 3.05) is 32.1 Å². The molecule has 2 rings (SSSR count). The second-order valence-corrected chi connectivity index (χ2v) is 7.84. The van der Waals surface area contributed by atoms with Crippen LogP contribution in [0.2, 0.25) is 0 Å². The molecule has 0 radical (unpaired) electrons. The van der Waals surface area contributed by atoms with Gasteiger partial charge >= 0.3 is 0 Å². The molecule has 0 saturated heterocycles. The summed E-state index contributed by atoms with van der Waals surface area (Å²) < 4.78 is 25.6. The highest BCUT2D eigenvalue weighted by Crippen LogP contribution is 2.12. The number of carbonyl (C=O) groups excluding carboxylic acids is 1. The second-order valence-electron chi connectivity index (χ2n) is 5.95. The van der Waals surface area contributed by atoms with Gasteiger partial charge in [-0.25, -0.2) is 13.1 Å². The van der Waals surface area contributed by atoms with Gasteiger partial charge in [-0.15, -0.1) is 0 Å². The van der Waals surface area contributed by atoms with Crippen LogP contribution in [0.5, 0.6) is 0 Å². The molecule has 0 saturated carbocycles. The molecule has 0 bridgehead atoms. The summed E-state index contributed by atoms with van der Waals surface area (Å²) in [5.41, 5.74) is 1.62. The predicted molar refractivity (Wildman–Crippen MR) is 104 cm³/mol. The number of amides is 1. The molecule has 0 aromatic heterocycles. The Bertz CT molecular complexity index is 806. The molecule has 6 nitrogen and oxygen atoms in total. The number of para-hydroxylation sites is 1. The van der Waals surface area contributed by atoms with Crippen LogP contribution in [0.25, 0.3) is 0 Å². The van der Waals surface area contributed by atoms with E-state index in [0.717, 1.165) is 19.4 Å². The first-order valence-electron chi connectivity index (χ1n) is 8.52. The number of benzene rings is 2. The maximum atomic E-state index is 12.1. The van der Waals surface area contributed by atoms with Crippen molar-refractivity contribution in [1.82, 2.24) is 10.0 Å². The number of unbranched alkanes of at least 4 members (excludes halogenated alkanes) is 1. The second kappa shape index (κ2) is 9.35. The summed E-state index contributed by atoms with van der Waals surface area (Å²) in [6.45, 7) is 1.49. The minimum Gasteiger partial charge on any atom is -0.375 e. The molecule has 2 aromatic rings. The molecule has 2 N–H and O–H groups in total. The zero-order chi connectivity index (χ0) is 19.0. The van der Waals surface area contributed by atoms with Gasteiger partial charge in [0.2, 0.25) is 10.0 Å². The highest BCUT2D eigenvalue weighted by atomic mass is 32.2. The molecule has 1 amide bonds. The molecular formula is C19H25N3O3S. The fraction of sp³-hybridized carbons (Fsp3) is 0.316. The van der Waals surface area contributed by atoms with Gasteiger partial charge in [-0.1, -0.05) is 18.2 Å². The van der Waals surface area contributed by atoms with Gasteiger partial charge in [0, 0.05) is 31.4 Å². The minimum absolute atomic E-state index is 0.139. The summed E-state index contributed by atoms with van der Waals surface area (Å²) in [7, 11) is -0.0798. The topological polar surface area (TPSA) is 78.5 Å². The Morgan fingerprint density at radius 3 is 2.27 bits per heavy atom. The molecule has 0 spiro atoms. The molecule has 0 atom stereocenters. The molecule has 26 heavy (non-hydrogen) atoms. The van der Waals surface area contributed by atoms with Crippen LogP contribution in [0.4, 0.5) is 5.69 Å². The smallest absolute Gasteiger partial charge is 0.251 e. The fourth-order valence-electron chi connectivity index (χ4n) is 2.49. The van der Waals surface area contributed by atoms with Gasteiger partial charge in [0.05, 0.1) is 4.90 Å². The first kappa shape index (κ1) is 19.9. The SMILES string of the molecule is CNS(=O)(=O)c1ccc(C(=O)NCCCCN(C)c2ccccc2)cc1. The van der Waals surface area contributed by atoms with Crippen LogP contribution in [0.15, 0.2) is 59.5 Å². The van der Waals surface area contributed by atoms with E-state index in [1.54, 1.807) is 0 Å². The van der Waals surface area contributed by atoms with Crippen LogP contribution >= 0.6 is 0 Å². The van der Waals surface area contributed by atoms with Crippen LogP contribution in [0.1, 0.15) is 23.2 Å². The molecule has 140 valence electrons. The van der Waals surface area contributed by atoms with E-state index < -0.39 is 10.0 Å². The Morgan fingerprint density at radius 2 is 1.65 bits per heavy atom. The number of hydrogen-bond donors (Lipinski definition) is 2. The summed E-state index contributed by atoms with van der Waals surface area (Å²) in [4.78, 5) is 14.4. The van der Waals surface area contributed by atoms with Crippen molar-refractivity contribution in [3.63, 3.8) is 0 Å². The van der Waals surface area contributed by atoms with Gasteiger partial charge in [-0.05, 0) is 56.3 Å². The third kappa shape index (κ3) is 5.57. The van der Waals surface area contributed by atoms with E-state index in [1.165, 1.54) is 37.0 Å². The lowest BCUT2D eigenvalue weighted by Crippen LogP contribution is -2.26. The molecule has 0 aliphatic heterocycles. The van der Waals surface area contributed by atoms with Gasteiger partial charge in [0.15, 0.2) is 0 Å². The fourth-order valence-corrected chi connectivity index (χ4v) is 3.22. The molecule has 2 aromatic carbocycles. The van der Waals surface area contributed by atoms with Crippen LogP contribution < -0.4 is 14.9 Å². The van der Waals surface area contributed by atoms with E-state index in [4.69, 9.17) is 0 Å². The first-order chi connectivity index (χ1) is 12.4. The van der Waals surface area contributed by atoms with Crippen molar-refractivity contribution in [1.29, 1.82) is 0 Å². The normalized spacial score (nSPS) is 11.2. The average Bonchev–Trinajstić information content (AvgIpc) is 2.68. The molecule has 0 unspecified atom stereocenters. The van der Waals surface area contributed by atoms with Crippen molar-refractivity contribution in [3.8, 4) is 0 Å². The summed E-state index contributed by atoms with van der Waals surface area (Å²) in [6, 6.07) is 16.0. The zero-order valence-corrected chi connectivity index (χ0v) is 15.9. The maximum absolute atomic E-state index is 12.1. The zero-order valence-electron chi connectivity index (χ0n) is 15.1. The van der Waals surface area contributed by atoms with E-state index in [2.05, 4.69) is 34.1 Å². The number of nitrogens with one attached hydrogen (secondary N) is 2. The number of anilines is 1. The average molecular weight is 375 g/mol. The predicted octanol–water partition coefficient (Wildman–Crippen LogP) is 2.24. The number of nitrogens with zero attached hydrogens (tertiary/aromatic N) is 1. The van der Waals surface area contributed by atoms with Crippen molar-refractivity contribution in [3.05, 3.63) is 60.2 Å². The lowest BCUT2D eigenvalue weighted by atomic mass is 10.2. The summed E-state index contributed by atoms with van der Waals surface area (Å²) >= 11 is 0. The van der Waals surface area contributed by atoms with Gasteiger partial charge in [-0.3, -0.25) is 4.79 Å². The summed E-state index contributed by atoms with van der Waals surface area (Å²) in [5, 5.41) is 2.86. The lowest BCUT2D eigenvalue weighted by Gasteiger charge is -2.19. The standard InChI is InChI=1S/C19H25N3O3S/c1-20-26(24,25)18-12-10-16(11-13-18)19(23)21-14-6-7-15-22(2)17-8-4-3-5-9-17/h3-5,8-13,20H,6-7,14-15H2,1-2H3,(H,21,23). The van der Waals surface area contributed by atoms with Crippen LogP contribution in [0.3, 0.4) is 0 Å². The molecule has 7 heteroatoms. The van der Waals surface area contributed by atoms with E-state index in [9.17, 15) is 13.2 Å². The minimum atomic E-state index is -3.48. The van der Waals surface area contributed by atoms with E-state index in [0.29, 0.717) is 12.1 Å². The quantitative estimate of drug-likeness (QED) is 0.659. The number of hydrogen-bond acceptors (Lipinski definition) is 4. The molecule has 0 aliphatic carbocycles. The van der Waals surface area contributed by atoms with Crippen LogP contribution in [0, 0.1) is 0 Å². The van der Waals surface area contributed by atoms with Gasteiger partial charge in [0.1, 0.15) is 0 Å². The third-order valence-electron chi connectivity index (χ3n) is 4.10. The van der Waals surface area contributed by atoms with Gasteiger partial charge in [0.25, 0.3) is 5.91 Å². The van der Waals surface area contributed by atoms with Crippen molar-refractivity contribution < 1.29 is 13.2 Å². The Balaban J connectivity index is 1.73. The Labute approximate surface area is 155 Å². The number of rotatable bonds is 9. The number of carbonyl (C=O) groups is 1. The Morgan fingerprint density at radius 1 is 1.00 bits per heavy atom. The molecule has 0 heterocycles. The summed E-state index contributed by atoms with van der Waals surface area (Å²) in [6.07, 6.45) is 1.83. The van der Waals surface area contributed by atoms with Crippen LogP contribution in [-0.4, -0.2) is 41.5 Å². The van der Waals surface area contributed by atoms with Crippen LogP contribution in [-0.2, 0) is 10.0 Å². The lowest BCUT2D eigenvalue weighted by molar-refractivity contribution is 0.0953. The van der Waals surface area contributed by atoms with Crippen molar-refractivity contribution in [2.24, 2.45) is 0 Å². The van der Waals surface area contributed by atoms with Crippen molar-refractivity contribution in [2.45, 2.75) is 17.7 Å². The Kier molecular flexibility index (Phi) is 7.17. The van der Waals surface area contributed by atoms with E-state index in [1.807, 2.05) is 18.2 Å². The number of sulfonamides is 1. The highest BCUT2D eigenvalue weighted by Gasteiger charge is 2.12. The molecular weight excluding hydrogens is 350 g/mol. The van der Waals surface area contributed by atoms with E-state index in [-0.39, 0.29) is 10.8 Å². The van der Waals surface area contributed by atoms with Gasteiger partial charge < -0.3 is 10.2 Å². The third-order valence-corrected chi connectivity index (χ3v) is 5.53. The first-order valence-corrected chi connectivity index (χ1v) is 10.0. The Hall–Kier alpha value is -2.38. The molecule has 0 fully saturated rings. The molecule has 0 aliphatic rings. The van der Waals surface area contributed by atoms with Gasteiger partial charge in [-0.2, -0.15) is 0 Å². The monoisotopic (exact) mass is 375 g/mol. The summed E-state index contributed by atoms with van der Waals surface area (Å²) in [5.74, 6) is -0.199. The van der Waals surface area contributed by atoms with E-state index >= 15 is 0 Å². The van der Waals surface area contributed by atoms with Crippen molar-refractivity contribution >= 4 is 21.6 Å². The largest absolute Gasteiger partial charge is 0.375 e.